The molecule has 1 aromatic rings. The maximum absolute atomic E-state index is 13.6. The van der Waals surface area contributed by atoms with Crippen LogP contribution in [0.15, 0.2) is 30.3 Å². The number of hydrogen-bond donors (Lipinski definition) is 5. The smallest absolute Gasteiger partial charge is 0.317 e. The van der Waals surface area contributed by atoms with Crippen LogP contribution in [0, 0.1) is 0 Å². The first-order chi connectivity index (χ1) is 11.8. The zero-order valence-electron chi connectivity index (χ0n) is 13.8. The Kier molecular flexibility index (Phi) is 9.84. The molecular weight excluding hydrogens is 359 g/mol. The molecule has 1 rings (SSSR count). The fourth-order valence-electron chi connectivity index (χ4n) is 1.90. The molecular formula is C15H24F2NO6P. The van der Waals surface area contributed by atoms with E-state index in [1.807, 2.05) is 30.3 Å². The molecule has 0 saturated heterocycles. The van der Waals surface area contributed by atoms with Crippen molar-refractivity contribution in [3.8, 4) is 0 Å². The van der Waals surface area contributed by atoms with Crippen LogP contribution in [0.2, 0.25) is 0 Å². The van der Waals surface area contributed by atoms with Crippen molar-refractivity contribution in [1.82, 2.24) is 5.48 Å². The van der Waals surface area contributed by atoms with Gasteiger partial charge in [-0.1, -0.05) is 30.3 Å². The van der Waals surface area contributed by atoms with Crippen LogP contribution in [-0.2, 0) is 16.0 Å². The third kappa shape index (κ3) is 7.98. The van der Waals surface area contributed by atoms with Gasteiger partial charge in [0.05, 0.1) is 25.4 Å². The summed E-state index contributed by atoms with van der Waals surface area (Å²) in [6, 6.07) is 9.14. The minimum Gasteiger partial charge on any atom is -0.390 e. The van der Waals surface area contributed by atoms with Crippen molar-refractivity contribution in [2.45, 2.75) is 43.9 Å². The van der Waals surface area contributed by atoms with Crippen molar-refractivity contribution in [3.63, 3.8) is 0 Å². The van der Waals surface area contributed by atoms with Gasteiger partial charge in [0.2, 0.25) is 8.38 Å². The monoisotopic (exact) mass is 383 g/mol. The topological polar surface area (TPSA) is 111 Å². The van der Waals surface area contributed by atoms with Crippen molar-refractivity contribution in [2.24, 2.45) is 0 Å². The van der Waals surface area contributed by atoms with E-state index in [1.54, 1.807) is 0 Å². The molecule has 0 heterocycles. The lowest BCUT2D eigenvalue weighted by Crippen LogP contribution is -2.45. The zero-order chi connectivity index (χ0) is 18.9. The Morgan fingerprint density at radius 3 is 2.40 bits per heavy atom. The normalized spacial score (nSPS) is 17.1. The van der Waals surface area contributed by atoms with E-state index < -0.39 is 38.8 Å². The lowest BCUT2D eigenvalue weighted by molar-refractivity contribution is -0.0985. The van der Waals surface area contributed by atoms with Crippen LogP contribution < -0.4 is 5.48 Å². The predicted octanol–water partition coefficient (Wildman–Crippen LogP) is 1.11. The maximum Gasteiger partial charge on any atom is 0.317 e. The summed E-state index contributed by atoms with van der Waals surface area (Å²) in [7, 11) is -3.07. The van der Waals surface area contributed by atoms with Gasteiger partial charge in [0.1, 0.15) is 6.10 Å². The van der Waals surface area contributed by atoms with Gasteiger partial charge in [0, 0.05) is 13.0 Å². The number of alkyl halides is 2. The molecule has 4 atom stereocenters. The zero-order valence-corrected chi connectivity index (χ0v) is 14.7. The molecule has 1 unspecified atom stereocenters. The first kappa shape index (κ1) is 22.3. The minimum absolute atomic E-state index is 0.109. The molecule has 1 aromatic carbocycles. The first-order valence-electron chi connectivity index (χ1n) is 7.70. The number of aliphatic hydroxyl groups excluding tert-OH is 3. The van der Waals surface area contributed by atoms with Crippen LogP contribution in [0.1, 0.15) is 18.9 Å². The molecule has 7 nitrogen and oxygen atoms in total. The number of hydroxylamine groups is 1. The van der Waals surface area contributed by atoms with Crippen molar-refractivity contribution in [2.75, 3.05) is 13.2 Å². The van der Waals surface area contributed by atoms with Gasteiger partial charge in [-0.05, 0) is 12.5 Å². The molecule has 0 amide bonds. The summed E-state index contributed by atoms with van der Waals surface area (Å²) in [5, 5.41) is 29.1. The Balaban J connectivity index is 2.35. The number of hydrogen-bond acceptors (Lipinski definition) is 7. The average Bonchev–Trinajstić information content (AvgIpc) is 2.58. The Bertz CT molecular complexity index is 484. The molecule has 0 bridgehead atoms. The minimum atomic E-state index is -3.71. The summed E-state index contributed by atoms with van der Waals surface area (Å²) in [5.74, 6) is 0. The second-order valence-corrected chi connectivity index (χ2v) is 6.77. The van der Waals surface area contributed by atoms with Gasteiger partial charge in [-0.3, -0.25) is 4.84 Å². The lowest BCUT2D eigenvalue weighted by Gasteiger charge is -2.27. The number of halogens is 2. The lowest BCUT2D eigenvalue weighted by atomic mass is 10.1. The van der Waals surface area contributed by atoms with Crippen LogP contribution in [0.4, 0.5) is 8.78 Å². The van der Waals surface area contributed by atoms with E-state index in [9.17, 15) is 29.0 Å². The van der Waals surface area contributed by atoms with E-state index in [-0.39, 0.29) is 19.8 Å². The molecule has 10 heteroatoms. The number of rotatable bonds is 12. The van der Waals surface area contributed by atoms with Crippen molar-refractivity contribution < 1.29 is 38.4 Å². The second kappa shape index (κ2) is 11.1. The number of benzene rings is 1. The molecule has 0 spiro atoms. The van der Waals surface area contributed by atoms with Gasteiger partial charge in [0.15, 0.2) is 0 Å². The maximum atomic E-state index is 13.6. The van der Waals surface area contributed by atoms with E-state index in [1.165, 1.54) is 6.92 Å². The Morgan fingerprint density at radius 2 is 1.80 bits per heavy atom. The highest BCUT2D eigenvalue weighted by molar-refractivity contribution is 7.47. The van der Waals surface area contributed by atoms with Gasteiger partial charge in [-0.2, -0.15) is 14.3 Å². The summed E-state index contributed by atoms with van der Waals surface area (Å²) >= 11 is 0. The molecule has 0 fully saturated rings. The van der Waals surface area contributed by atoms with Gasteiger partial charge >= 0.3 is 5.66 Å². The van der Waals surface area contributed by atoms with Crippen LogP contribution >= 0.6 is 8.38 Å². The second-order valence-electron chi connectivity index (χ2n) is 5.31. The van der Waals surface area contributed by atoms with Crippen LogP contribution in [0.3, 0.4) is 0 Å². The Morgan fingerprint density at radius 1 is 1.16 bits per heavy atom. The molecule has 0 radical (unpaired) electrons. The quantitative estimate of drug-likeness (QED) is 0.209. The predicted molar refractivity (Wildman–Crippen MR) is 87.6 cm³/mol. The third-order valence-electron chi connectivity index (χ3n) is 3.25. The van der Waals surface area contributed by atoms with E-state index >= 15 is 0 Å². The van der Waals surface area contributed by atoms with Crippen LogP contribution in [0.5, 0.6) is 0 Å². The summed E-state index contributed by atoms with van der Waals surface area (Å²) < 4.78 is 31.7. The van der Waals surface area contributed by atoms with E-state index in [4.69, 9.17) is 4.84 Å². The highest BCUT2D eigenvalue weighted by Crippen LogP contribution is 2.52. The molecule has 25 heavy (non-hydrogen) atoms. The number of aliphatic hydroxyl groups is 3. The molecule has 0 aliphatic heterocycles. The average molecular weight is 383 g/mol. The molecule has 0 saturated carbocycles. The highest BCUT2D eigenvalue weighted by atomic mass is 31.2. The fourth-order valence-corrected chi connectivity index (χ4v) is 2.67. The summed E-state index contributed by atoms with van der Waals surface area (Å²) in [6.07, 6.45) is -6.57. The molecule has 5 N–H and O–H groups in total. The number of nitrogens with one attached hydrogen (secondary N) is 1. The first-order valence-corrected chi connectivity index (χ1v) is 8.91. The molecule has 0 aliphatic rings. The Hall–Kier alpha value is -0.770. The largest absolute Gasteiger partial charge is 0.390 e. The van der Waals surface area contributed by atoms with E-state index in [0.29, 0.717) is 0 Å². The van der Waals surface area contributed by atoms with E-state index in [2.05, 4.69) is 10.0 Å². The van der Waals surface area contributed by atoms with Gasteiger partial charge in [-0.25, -0.2) is 0 Å². The molecule has 144 valence electrons. The summed E-state index contributed by atoms with van der Waals surface area (Å²) in [6.45, 7) is 1.25. The van der Waals surface area contributed by atoms with Crippen LogP contribution in [0.25, 0.3) is 0 Å². The van der Waals surface area contributed by atoms with E-state index in [0.717, 1.165) is 5.56 Å². The standard InChI is InChI=1S/C15H24F2NO6P/c1-2-24-25(22)15(16,17)8-12(19)14(21)13(20)9-18-23-10-11-6-4-3-5-7-11/h3-7,12-14,18-22H,2,8-10H2,1H3/t12-,13+,14-,25?/m1/s1. The summed E-state index contributed by atoms with van der Waals surface area (Å²) in [5.41, 5.74) is -0.437. The van der Waals surface area contributed by atoms with Crippen molar-refractivity contribution in [3.05, 3.63) is 35.9 Å². The molecule has 0 aliphatic carbocycles. The van der Waals surface area contributed by atoms with Gasteiger partial charge in [0.25, 0.3) is 0 Å². The SMILES string of the molecule is CCOP(O)C(F)(F)C[C@@H](O)[C@@H](O)[C@@H](O)CNOCc1ccccc1. The fraction of sp³-hybridized carbons (Fsp3) is 0.600. The van der Waals surface area contributed by atoms with Gasteiger partial charge in [-0.15, -0.1) is 0 Å². The van der Waals surface area contributed by atoms with Crippen molar-refractivity contribution >= 4 is 8.38 Å². The highest BCUT2D eigenvalue weighted by Gasteiger charge is 2.44. The van der Waals surface area contributed by atoms with Gasteiger partial charge < -0.3 is 24.7 Å². The molecule has 0 aromatic heterocycles. The van der Waals surface area contributed by atoms with Crippen LogP contribution in [-0.4, -0.2) is 57.3 Å². The third-order valence-corrected chi connectivity index (χ3v) is 4.50. The Labute approximate surface area is 146 Å². The van der Waals surface area contributed by atoms with Crippen molar-refractivity contribution in [1.29, 1.82) is 0 Å². The summed E-state index contributed by atoms with van der Waals surface area (Å²) in [4.78, 5) is 14.3.